The highest BCUT2D eigenvalue weighted by Gasteiger charge is 2.34. The minimum Gasteiger partial charge on any atom is -0.285 e. The molecule has 1 unspecified atom stereocenters. The molecule has 1 N–H and O–H groups in total. The molecule has 2 aromatic carbocycles. The van der Waals surface area contributed by atoms with Gasteiger partial charge in [0.15, 0.2) is 0 Å². The molecule has 7 heteroatoms. The van der Waals surface area contributed by atoms with Crippen LogP contribution in [0.1, 0.15) is 5.56 Å². The maximum Gasteiger partial charge on any atom is 0.294 e. The predicted octanol–water partition coefficient (Wildman–Crippen LogP) is 0.149. The summed E-state index contributed by atoms with van der Waals surface area (Å²) in [5, 5.41) is 0.590. The van der Waals surface area contributed by atoms with Gasteiger partial charge in [-0.15, -0.1) is 0 Å². The van der Waals surface area contributed by atoms with E-state index in [1.54, 1.807) is 36.6 Å². The van der Waals surface area contributed by atoms with Crippen molar-refractivity contribution in [3.8, 4) is 0 Å². The summed E-state index contributed by atoms with van der Waals surface area (Å²) < 4.78 is 31.3. The van der Waals surface area contributed by atoms with Gasteiger partial charge in [0.2, 0.25) is 5.66 Å². The summed E-state index contributed by atoms with van der Waals surface area (Å²) in [5.41, 5.74) is -0.994. The first-order valence-electron chi connectivity index (χ1n) is 5.97. The summed E-state index contributed by atoms with van der Waals surface area (Å²) in [7, 11) is -4.33. The molecule has 0 saturated carbocycles. The average molecular weight is 301 g/mol. The fraction of sp³-hybridized carbons (Fsp3) is 0.0714. The molecule has 21 heavy (non-hydrogen) atoms. The lowest BCUT2D eigenvalue weighted by atomic mass is 10.0. The van der Waals surface area contributed by atoms with Crippen LogP contribution in [0, 0.1) is 0 Å². The average Bonchev–Trinajstić information content (AvgIpc) is 2.86. The van der Waals surface area contributed by atoms with Crippen LogP contribution in [0.2, 0.25) is 0 Å². The predicted molar refractivity (Wildman–Crippen MR) is 72.4 cm³/mol. The summed E-state index contributed by atoms with van der Waals surface area (Å²) >= 11 is 0. The van der Waals surface area contributed by atoms with Crippen LogP contribution in [-0.2, 0) is 20.6 Å². The zero-order chi connectivity index (χ0) is 15.1. The molecule has 1 aliphatic heterocycles. The van der Waals surface area contributed by atoms with Gasteiger partial charge in [-0.1, -0.05) is 30.3 Å². The largest absolute Gasteiger partial charge is 0.294 e. The van der Waals surface area contributed by atoms with Gasteiger partial charge in [-0.2, -0.15) is 8.42 Å². The molecule has 0 aliphatic carbocycles. The SMILES string of the molecule is O=[C]C1(c2ccccc2)N=c2ccc(S(=O)(=O)O)cc2=N1. The Balaban J connectivity index is 2.25. The number of carbonyl (C=O) groups excluding carboxylic acids is 1. The van der Waals surface area contributed by atoms with E-state index in [-0.39, 0.29) is 10.3 Å². The lowest BCUT2D eigenvalue weighted by molar-refractivity contribution is 0.483. The Kier molecular flexibility index (Phi) is 2.96. The molecule has 2 aromatic rings. The van der Waals surface area contributed by atoms with Crippen molar-refractivity contribution in [2.75, 3.05) is 0 Å². The molecule has 105 valence electrons. The van der Waals surface area contributed by atoms with Gasteiger partial charge in [0.05, 0.1) is 15.6 Å². The summed E-state index contributed by atoms with van der Waals surface area (Å²) in [6.07, 6.45) is 1.80. The molecule has 1 radical (unpaired) electrons. The standard InChI is InChI=1S/C14H9N2O4S/c17-9-14(10-4-2-1-3-5-10)15-12-7-6-11(21(18,19)20)8-13(12)16-14/h1-8H,(H,18,19,20). The highest BCUT2D eigenvalue weighted by Crippen LogP contribution is 2.25. The van der Waals surface area contributed by atoms with Gasteiger partial charge in [-0.3, -0.25) is 9.35 Å². The van der Waals surface area contributed by atoms with Gasteiger partial charge in [0.25, 0.3) is 16.4 Å². The van der Waals surface area contributed by atoms with E-state index in [9.17, 15) is 13.2 Å². The van der Waals surface area contributed by atoms with Crippen molar-refractivity contribution in [3.05, 3.63) is 64.8 Å². The number of benzene rings is 2. The normalized spacial score (nSPS) is 20.2. The zero-order valence-corrected chi connectivity index (χ0v) is 11.4. The van der Waals surface area contributed by atoms with E-state index in [0.29, 0.717) is 10.9 Å². The summed E-state index contributed by atoms with van der Waals surface area (Å²) in [5.74, 6) is 0. The van der Waals surface area contributed by atoms with Crippen molar-refractivity contribution in [2.24, 2.45) is 9.98 Å². The number of hydrogen-bond donors (Lipinski definition) is 1. The second-order valence-electron chi connectivity index (χ2n) is 4.49. The minimum absolute atomic E-state index is 0.220. The highest BCUT2D eigenvalue weighted by molar-refractivity contribution is 7.85. The van der Waals surface area contributed by atoms with Gasteiger partial charge in [0.1, 0.15) is 0 Å². The maximum atomic E-state index is 11.4. The summed E-state index contributed by atoms with van der Waals surface area (Å²) in [6, 6.07) is 12.4. The first-order chi connectivity index (χ1) is 9.94. The van der Waals surface area contributed by atoms with Crippen molar-refractivity contribution in [3.63, 3.8) is 0 Å². The summed E-state index contributed by atoms with van der Waals surface area (Å²) in [6.45, 7) is 0. The Bertz CT molecular complexity index is 939. The molecular formula is C14H9N2O4S. The third-order valence-corrected chi connectivity index (χ3v) is 3.98. The lowest BCUT2D eigenvalue weighted by Crippen LogP contribution is -2.22. The molecule has 1 aliphatic rings. The molecular weight excluding hydrogens is 292 g/mol. The Hall–Kier alpha value is -2.38. The van der Waals surface area contributed by atoms with Crippen LogP contribution in [0.15, 0.2) is 63.4 Å². The van der Waals surface area contributed by atoms with Crippen LogP contribution in [0.25, 0.3) is 0 Å². The van der Waals surface area contributed by atoms with E-state index >= 15 is 0 Å². The Morgan fingerprint density at radius 3 is 2.29 bits per heavy atom. The second kappa shape index (κ2) is 4.57. The molecule has 0 amide bonds. The van der Waals surface area contributed by atoms with Crippen LogP contribution in [0.5, 0.6) is 0 Å². The van der Waals surface area contributed by atoms with Crippen molar-refractivity contribution < 1.29 is 17.8 Å². The number of fused-ring (bicyclic) bond motifs is 1. The van der Waals surface area contributed by atoms with Crippen LogP contribution in [-0.4, -0.2) is 19.3 Å². The molecule has 0 spiro atoms. The minimum atomic E-state index is -4.33. The van der Waals surface area contributed by atoms with Gasteiger partial charge in [-0.05, 0) is 18.2 Å². The van der Waals surface area contributed by atoms with Gasteiger partial charge < -0.3 is 0 Å². The van der Waals surface area contributed by atoms with Crippen LogP contribution < -0.4 is 10.7 Å². The maximum absolute atomic E-state index is 11.4. The molecule has 0 saturated heterocycles. The van der Waals surface area contributed by atoms with E-state index in [1.807, 2.05) is 0 Å². The van der Waals surface area contributed by atoms with Crippen LogP contribution in [0.4, 0.5) is 0 Å². The first-order valence-corrected chi connectivity index (χ1v) is 7.41. The molecule has 3 rings (SSSR count). The topological polar surface area (TPSA) is 96.2 Å². The number of hydrogen-bond acceptors (Lipinski definition) is 5. The van der Waals surface area contributed by atoms with Gasteiger partial charge in [-0.25, -0.2) is 9.98 Å². The van der Waals surface area contributed by atoms with Crippen molar-refractivity contribution in [2.45, 2.75) is 10.6 Å². The molecule has 0 fully saturated rings. The lowest BCUT2D eigenvalue weighted by Gasteiger charge is -2.14. The van der Waals surface area contributed by atoms with Gasteiger partial charge in [0, 0.05) is 5.56 Å². The third kappa shape index (κ3) is 2.26. The number of nitrogens with zero attached hydrogens (tertiary/aromatic N) is 2. The highest BCUT2D eigenvalue weighted by atomic mass is 32.2. The fourth-order valence-corrected chi connectivity index (χ4v) is 2.63. The van der Waals surface area contributed by atoms with Crippen LogP contribution in [0.3, 0.4) is 0 Å². The Morgan fingerprint density at radius 2 is 1.67 bits per heavy atom. The molecule has 1 atom stereocenters. The quantitative estimate of drug-likeness (QED) is 0.816. The van der Waals surface area contributed by atoms with Crippen molar-refractivity contribution >= 4 is 16.4 Å². The van der Waals surface area contributed by atoms with Crippen molar-refractivity contribution in [1.29, 1.82) is 0 Å². The smallest absolute Gasteiger partial charge is 0.285 e. The Labute approximate surface area is 120 Å². The Morgan fingerprint density at radius 1 is 1.00 bits per heavy atom. The van der Waals surface area contributed by atoms with E-state index in [4.69, 9.17) is 4.55 Å². The first kappa shape index (κ1) is 13.6. The molecule has 1 heterocycles. The van der Waals surface area contributed by atoms with Crippen LogP contribution >= 0.6 is 0 Å². The number of rotatable bonds is 3. The summed E-state index contributed by atoms with van der Waals surface area (Å²) in [4.78, 5) is 19.5. The molecule has 0 aromatic heterocycles. The van der Waals surface area contributed by atoms with Crippen molar-refractivity contribution in [1.82, 2.24) is 0 Å². The van der Waals surface area contributed by atoms with E-state index in [2.05, 4.69) is 9.98 Å². The zero-order valence-electron chi connectivity index (χ0n) is 10.6. The monoisotopic (exact) mass is 301 g/mol. The fourth-order valence-electron chi connectivity index (χ4n) is 2.13. The van der Waals surface area contributed by atoms with E-state index in [0.717, 1.165) is 0 Å². The molecule has 6 nitrogen and oxygen atoms in total. The van der Waals surface area contributed by atoms with E-state index in [1.165, 1.54) is 18.2 Å². The third-order valence-electron chi connectivity index (χ3n) is 3.13. The molecule has 0 bridgehead atoms. The van der Waals surface area contributed by atoms with Gasteiger partial charge >= 0.3 is 0 Å². The second-order valence-corrected chi connectivity index (χ2v) is 5.91. The van der Waals surface area contributed by atoms with E-state index < -0.39 is 15.8 Å².